The summed E-state index contributed by atoms with van der Waals surface area (Å²) < 4.78 is 20.4. The summed E-state index contributed by atoms with van der Waals surface area (Å²) in [5, 5.41) is 3.84. The largest absolute Gasteiger partial charge is 0.497 e. The van der Waals surface area contributed by atoms with E-state index in [1.807, 2.05) is 23.7 Å². The molecule has 0 aliphatic carbocycles. The summed E-state index contributed by atoms with van der Waals surface area (Å²) in [6.45, 7) is 0. The van der Waals surface area contributed by atoms with Crippen LogP contribution in [0.4, 0.5) is 4.39 Å². The fraction of sp³-hybridized carbons (Fsp3) is 0.136. The Morgan fingerprint density at radius 3 is 2.62 bits per heavy atom. The minimum absolute atomic E-state index is 0.281. The molecule has 0 bridgehead atoms. The van der Waals surface area contributed by atoms with Gasteiger partial charge in [0.2, 0.25) is 0 Å². The molecule has 0 aliphatic heterocycles. The van der Waals surface area contributed by atoms with Crippen molar-refractivity contribution >= 4 is 16.8 Å². The number of aromatic nitrogens is 3. The van der Waals surface area contributed by atoms with E-state index in [1.165, 1.54) is 12.1 Å². The maximum Gasteiger partial charge on any atom is 0.270 e. The second-order valence-electron chi connectivity index (χ2n) is 6.61. The number of ether oxygens (including phenoxy) is 1. The van der Waals surface area contributed by atoms with Crippen molar-refractivity contribution in [3.8, 4) is 5.75 Å². The molecular weight excluding hydrogens is 371 g/mol. The van der Waals surface area contributed by atoms with Crippen LogP contribution in [0.25, 0.3) is 10.9 Å². The molecule has 0 radical (unpaired) electrons. The first-order valence-electron chi connectivity index (χ1n) is 9.03. The average Bonchev–Trinajstić information content (AvgIpc) is 3.17. The fourth-order valence-electron chi connectivity index (χ4n) is 3.17. The Labute approximate surface area is 167 Å². The van der Waals surface area contributed by atoms with Crippen molar-refractivity contribution in [2.45, 2.75) is 6.04 Å². The number of hydrogen-bond acceptors (Lipinski definition) is 4. The first kappa shape index (κ1) is 18.6. The number of halogens is 1. The fourth-order valence-corrected chi connectivity index (χ4v) is 3.17. The van der Waals surface area contributed by atoms with E-state index < -0.39 is 6.04 Å². The molecule has 0 fully saturated rings. The average molecular weight is 390 g/mol. The van der Waals surface area contributed by atoms with E-state index in [9.17, 15) is 9.18 Å². The van der Waals surface area contributed by atoms with Gasteiger partial charge in [0.1, 0.15) is 29.1 Å². The van der Waals surface area contributed by atoms with Gasteiger partial charge in [0.05, 0.1) is 12.6 Å². The summed E-state index contributed by atoms with van der Waals surface area (Å²) >= 11 is 0. The predicted octanol–water partition coefficient (Wildman–Crippen LogP) is 3.64. The van der Waals surface area contributed by atoms with Crippen molar-refractivity contribution in [3.05, 3.63) is 89.9 Å². The van der Waals surface area contributed by atoms with Crippen LogP contribution in [0, 0.1) is 5.82 Å². The number of amides is 1. The van der Waals surface area contributed by atoms with Gasteiger partial charge in [-0.05, 0) is 42.0 Å². The van der Waals surface area contributed by atoms with E-state index in [0.717, 1.165) is 16.7 Å². The summed E-state index contributed by atoms with van der Waals surface area (Å²) in [5.74, 6) is 0.670. The van der Waals surface area contributed by atoms with Gasteiger partial charge in [-0.25, -0.2) is 14.4 Å². The van der Waals surface area contributed by atoms with Crippen molar-refractivity contribution in [2.75, 3.05) is 7.11 Å². The zero-order valence-electron chi connectivity index (χ0n) is 16.0. The number of hydrogen-bond donors (Lipinski definition) is 1. The molecule has 6 nitrogen and oxygen atoms in total. The lowest BCUT2D eigenvalue weighted by Gasteiger charge is -2.19. The lowest BCUT2D eigenvalue weighted by atomic mass is 10.1. The molecule has 2 heterocycles. The number of pyridine rings is 1. The van der Waals surface area contributed by atoms with Crippen molar-refractivity contribution in [3.63, 3.8) is 0 Å². The number of rotatable bonds is 5. The molecule has 0 aliphatic rings. The number of methoxy groups -OCH3 is 1. The molecule has 1 amide bonds. The minimum atomic E-state index is -0.545. The Kier molecular flexibility index (Phi) is 4.95. The van der Waals surface area contributed by atoms with Crippen LogP contribution < -0.4 is 10.1 Å². The topological polar surface area (TPSA) is 69.0 Å². The maximum absolute atomic E-state index is 13.4. The Morgan fingerprint density at radius 2 is 1.93 bits per heavy atom. The SMILES string of the molecule is COc1ccc2nc(C(=O)NC(c3ccc(F)cc3)c3nccn3C)ccc2c1. The number of aryl methyl sites for hydroxylation is 1. The van der Waals surface area contributed by atoms with Gasteiger partial charge in [-0.2, -0.15) is 0 Å². The van der Waals surface area contributed by atoms with Crippen LogP contribution in [-0.4, -0.2) is 27.6 Å². The first-order valence-corrected chi connectivity index (χ1v) is 9.03. The van der Waals surface area contributed by atoms with Crippen molar-refractivity contribution in [1.82, 2.24) is 19.9 Å². The van der Waals surface area contributed by atoms with Gasteiger partial charge in [-0.15, -0.1) is 0 Å². The summed E-state index contributed by atoms with van der Waals surface area (Å²) in [6.07, 6.45) is 3.44. The van der Waals surface area contributed by atoms with Gasteiger partial charge in [0.25, 0.3) is 5.91 Å². The summed E-state index contributed by atoms with van der Waals surface area (Å²) in [7, 11) is 3.44. The highest BCUT2D eigenvalue weighted by Gasteiger charge is 2.22. The maximum atomic E-state index is 13.4. The quantitative estimate of drug-likeness (QED) is 0.565. The molecule has 29 heavy (non-hydrogen) atoms. The highest BCUT2D eigenvalue weighted by atomic mass is 19.1. The third-order valence-electron chi connectivity index (χ3n) is 4.72. The second kappa shape index (κ2) is 7.71. The van der Waals surface area contributed by atoms with Crippen LogP contribution in [0.2, 0.25) is 0 Å². The lowest BCUT2D eigenvalue weighted by molar-refractivity contribution is 0.0936. The van der Waals surface area contributed by atoms with Crippen LogP contribution in [0.3, 0.4) is 0 Å². The molecule has 1 unspecified atom stereocenters. The molecule has 1 N–H and O–H groups in total. The number of carbonyl (C=O) groups excluding carboxylic acids is 1. The standard InChI is InChI=1S/C22H19FN4O2/c1-27-12-11-24-21(27)20(14-3-6-16(23)7-4-14)26-22(28)19-9-5-15-13-17(29-2)8-10-18(15)25-19/h3-13,20H,1-2H3,(H,26,28). The zero-order chi connectivity index (χ0) is 20.4. The molecule has 7 heteroatoms. The van der Waals surface area contributed by atoms with Crippen molar-refractivity contribution in [1.29, 1.82) is 0 Å². The third-order valence-corrected chi connectivity index (χ3v) is 4.72. The van der Waals surface area contributed by atoms with Crippen LogP contribution >= 0.6 is 0 Å². The van der Waals surface area contributed by atoms with Crippen LogP contribution in [0.5, 0.6) is 5.75 Å². The van der Waals surface area contributed by atoms with Crippen molar-refractivity contribution < 1.29 is 13.9 Å². The van der Waals surface area contributed by atoms with Gasteiger partial charge >= 0.3 is 0 Å². The van der Waals surface area contributed by atoms with Gasteiger partial charge in [-0.3, -0.25) is 4.79 Å². The molecule has 4 rings (SSSR count). The van der Waals surface area contributed by atoms with Gasteiger partial charge in [-0.1, -0.05) is 18.2 Å². The van der Waals surface area contributed by atoms with E-state index >= 15 is 0 Å². The first-order chi connectivity index (χ1) is 14.0. The number of nitrogens with zero attached hydrogens (tertiary/aromatic N) is 3. The Balaban J connectivity index is 1.66. The molecule has 0 saturated carbocycles. The van der Waals surface area contributed by atoms with Gasteiger partial charge in [0.15, 0.2) is 0 Å². The molecule has 4 aromatic rings. The van der Waals surface area contributed by atoms with Gasteiger partial charge < -0.3 is 14.6 Å². The highest BCUT2D eigenvalue weighted by Crippen LogP contribution is 2.23. The van der Waals surface area contributed by atoms with E-state index in [0.29, 0.717) is 11.3 Å². The number of benzene rings is 2. The normalized spacial score (nSPS) is 12.0. The van der Waals surface area contributed by atoms with E-state index in [1.54, 1.807) is 49.8 Å². The molecule has 1 atom stereocenters. The second-order valence-corrected chi connectivity index (χ2v) is 6.61. The summed E-state index contributed by atoms with van der Waals surface area (Å²) in [6, 6.07) is 14.4. The zero-order valence-corrected chi connectivity index (χ0v) is 16.0. The van der Waals surface area contributed by atoms with E-state index in [-0.39, 0.29) is 17.4 Å². The Hall–Kier alpha value is -3.74. The molecule has 0 saturated heterocycles. The smallest absolute Gasteiger partial charge is 0.270 e. The molecule has 0 spiro atoms. The highest BCUT2D eigenvalue weighted by molar-refractivity contribution is 5.95. The van der Waals surface area contributed by atoms with E-state index in [2.05, 4.69) is 15.3 Å². The molecule has 2 aromatic heterocycles. The minimum Gasteiger partial charge on any atom is -0.497 e. The molecular formula is C22H19FN4O2. The van der Waals surface area contributed by atoms with Crippen LogP contribution in [0.15, 0.2) is 67.0 Å². The lowest BCUT2D eigenvalue weighted by Crippen LogP contribution is -2.31. The molecule has 2 aromatic carbocycles. The predicted molar refractivity (Wildman–Crippen MR) is 107 cm³/mol. The summed E-state index contributed by atoms with van der Waals surface area (Å²) in [5.41, 5.74) is 1.69. The number of carbonyl (C=O) groups is 1. The number of nitrogens with one attached hydrogen (secondary N) is 1. The van der Waals surface area contributed by atoms with Gasteiger partial charge in [0, 0.05) is 24.8 Å². The number of imidazole rings is 1. The monoisotopic (exact) mass is 390 g/mol. The van der Waals surface area contributed by atoms with Crippen LogP contribution in [-0.2, 0) is 7.05 Å². The Morgan fingerprint density at radius 1 is 1.14 bits per heavy atom. The Bertz CT molecular complexity index is 1170. The molecule has 146 valence electrons. The van der Waals surface area contributed by atoms with E-state index in [4.69, 9.17) is 4.74 Å². The van der Waals surface area contributed by atoms with Crippen LogP contribution in [0.1, 0.15) is 27.9 Å². The van der Waals surface area contributed by atoms with Crippen molar-refractivity contribution in [2.24, 2.45) is 7.05 Å². The third kappa shape index (κ3) is 3.80. The summed E-state index contributed by atoms with van der Waals surface area (Å²) in [4.78, 5) is 21.8. The number of fused-ring (bicyclic) bond motifs is 1.